The lowest BCUT2D eigenvalue weighted by Crippen LogP contribution is -2.26. The first-order valence-corrected chi connectivity index (χ1v) is 7.01. The predicted molar refractivity (Wildman–Crippen MR) is 72.1 cm³/mol. The van der Waals surface area contributed by atoms with Gasteiger partial charge in [0.1, 0.15) is 5.82 Å². The first-order chi connectivity index (χ1) is 8.35. The highest BCUT2D eigenvalue weighted by Crippen LogP contribution is 2.25. The van der Waals surface area contributed by atoms with Gasteiger partial charge in [0.05, 0.1) is 6.04 Å². The van der Waals surface area contributed by atoms with E-state index in [0.717, 1.165) is 18.7 Å². The third-order valence-electron chi connectivity index (χ3n) is 2.95. The van der Waals surface area contributed by atoms with Crippen molar-refractivity contribution in [3.63, 3.8) is 0 Å². The van der Waals surface area contributed by atoms with E-state index in [1.807, 2.05) is 23.7 Å². The molecule has 2 aromatic rings. The largest absolute Gasteiger partial charge is 0.347 e. The molecule has 4 heteroatoms. The van der Waals surface area contributed by atoms with Crippen LogP contribution in [0.15, 0.2) is 29.9 Å². The van der Waals surface area contributed by atoms with E-state index in [2.05, 4.69) is 46.6 Å². The summed E-state index contributed by atoms with van der Waals surface area (Å²) in [5, 5.41) is 5.81. The number of rotatable bonds is 6. The molecule has 2 atom stereocenters. The van der Waals surface area contributed by atoms with E-state index in [1.54, 1.807) is 0 Å². The number of aromatic amines is 1. The molecule has 3 nitrogen and oxygen atoms in total. The molecular formula is C13H19N3S. The number of H-pyrrole nitrogens is 1. The third kappa shape index (κ3) is 2.96. The van der Waals surface area contributed by atoms with Gasteiger partial charge in [0, 0.05) is 23.3 Å². The maximum atomic E-state index is 4.34. The number of hydrogen-bond acceptors (Lipinski definition) is 3. The monoisotopic (exact) mass is 249 g/mol. The average molecular weight is 249 g/mol. The Bertz CT molecular complexity index is 368. The van der Waals surface area contributed by atoms with Crippen molar-refractivity contribution in [1.29, 1.82) is 0 Å². The van der Waals surface area contributed by atoms with Crippen molar-refractivity contribution in [2.24, 2.45) is 0 Å². The molecule has 0 aromatic carbocycles. The molecule has 0 radical (unpaired) electrons. The van der Waals surface area contributed by atoms with Gasteiger partial charge < -0.3 is 4.98 Å². The lowest BCUT2D eigenvalue weighted by atomic mass is 10.1. The highest BCUT2D eigenvalue weighted by atomic mass is 32.1. The smallest absolute Gasteiger partial charge is 0.123 e. The fourth-order valence-electron chi connectivity index (χ4n) is 1.99. The van der Waals surface area contributed by atoms with Gasteiger partial charge in [0.2, 0.25) is 0 Å². The number of nitrogens with one attached hydrogen (secondary N) is 2. The molecule has 2 rings (SSSR count). The summed E-state index contributed by atoms with van der Waals surface area (Å²) in [5.74, 6) is 1.03. The van der Waals surface area contributed by atoms with Gasteiger partial charge in [-0.3, -0.25) is 5.32 Å². The number of thiophene rings is 1. The quantitative estimate of drug-likeness (QED) is 0.820. The second-order valence-corrected chi connectivity index (χ2v) is 5.06. The van der Waals surface area contributed by atoms with E-state index >= 15 is 0 Å². The topological polar surface area (TPSA) is 40.7 Å². The van der Waals surface area contributed by atoms with Crippen LogP contribution in [-0.2, 0) is 0 Å². The molecule has 2 aromatic heterocycles. The van der Waals surface area contributed by atoms with E-state index in [0.29, 0.717) is 12.1 Å². The van der Waals surface area contributed by atoms with Crippen LogP contribution in [0.3, 0.4) is 0 Å². The molecule has 0 aliphatic rings. The zero-order valence-electron chi connectivity index (χ0n) is 10.3. The van der Waals surface area contributed by atoms with Gasteiger partial charge in [-0.15, -0.1) is 11.3 Å². The minimum Gasteiger partial charge on any atom is -0.347 e. The number of imidazole rings is 1. The Hall–Kier alpha value is -1.13. The van der Waals surface area contributed by atoms with Crippen molar-refractivity contribution in [3.8, 4) is 0 Å². The summed E-state index contributed by atoms with van der Waals surface area (Å²) in [6, 6.07) is 5.03. The second-order valence-electron chi connectivity index (χ2n) is 4.08. The normalized spacial score (nSPS) is 14.7. The minimum atomic E-state index is 0.303. The molecule has 2 heterocycles. The molecular weight excluding hydrogens is 230 g/mol. The molecule has 0 bridgehead atoms. The van der Waals surface area contributed by atoms with Crippen LogP contribution in [-0.4, -0.2) is 9.97 Å². The van der Waals surface area contributed by atoms with Gasteiger partial charge in [-0.1, -0.05) is 19.9 Å². The van der Waals surface area contributed by atoms with Crippen molar-refractivity contribution in [3.05, 3.63) is 40.6 Å². The van der Waals surface area contributed by atoms with Crippen LogP contribution in [0.4, 0.5) is 0 Å². The predicted octanol–water partition coefficient (Wildman–Crippen LogP) is 3.66. The summed E-state index contributed by atoms with van der Waals surface area (Å²) in [6.45, 7) is 4.40. The summed E-state index contributed by atoms with van der Waals surface area (Å²) >= 11 is 1.81. The third-order valence-corrected chi connectivity index (χ3v) is 3.94. The zero-order valence-corrected chi connectivity index (χ0v) is 11.1. The van der Waals surface area contributed by atoms with Crippen molar-refractivity contribution in [2.75, 3.05) is 0 Å². The Kier molecular flexibility index (Phi) is 4.34. The maximum Gasteiger partial charge on any atom is 0.123 e. The maximum absolute atomic E-state index is 4.34. The van der Waals surface area contributed by atoms with Crippen LogP contribution in [0.2, 0.25) is 0 Å². The molecule has 0 saturated heterocycles. The Labute approximate surface area is 106 Å². The minimum absolute atomic E-state index is 0.303. The highest BCUT2D eigenvalue weighted by molar-refractivity contribution is 7.10. The van der Waals surface area contributed by atoms with Crippen LogP contribution < -0.4 is 5.32 Å². The molecule has 17 heavy (non-hydrogen) atoms. The van der Waals surface area contributed by atoms with Crippen molar-refractivity contribution < 1.29 is 0 Å². The van der Waals surface area contributed by atoms with Crippen molar-refractivity contribution in [2.45, 2.75) is 38.8 Å². The van der Waals surface area contributed by atoms with Crippen molar-refractivity contribution in [1.82, 2.24) is 15.3 Å². The molecule has 92 valence electrons. The zero-order chi connectivity index (χ0) is 12.1. The van der Waals surface area contributed by atoms with Gasteiger partial charge in [0.25, 0.3) is 0 Å². The molecule has 0 fully saturated rings. The molecule has 0 aliphatic heterocycles. The summed E-state index contributed by atoms with van der Waals surface area (Å²) in [6.07, 6.45) is 5.82. The second kappa shape index (κ2) is 5.98. The van der Waals surface area contributed by atoms with Gasteiger partial charge in [-0.2, -0.15) is 0 Å². The van der Waals surface area contributed by atoms with E-state index in [4.69, 9.17) is 0 Å². The van der Waals surface area contributed by atoms with Crippen molar-refractivity contribution >= 4 is 11.3 Å². The number of nitrogens with zero attached hydrogens (tertiary/aromatic N) is 1. The molecule has 2 unspecified atom stereocenters. The Morgan fingerprint density at radius 3 is 2.71 bits per heavy atom. The van der Waals surface area contributed by atoms with E-state index in [-0.39, 0.29) is 0 Å². The SMILES string of the molecule is CCC(NC(CC)c1cccs1)c1ncc[nH]1. The molecule has 0 spiro atoms. The van der Waals surface area contributed by atoms with E-state index < -0.39 is 0 Å². The van der Waals surface area contributed by atoms with Crippen LogP contribution in [0.25, 0.3) is 0 Å². The Balaban J connectivity index is 2.07. The van der Waals surface area contributed by atoms with E-state index in [1.165, 1.54) is 4.88 Å². The Morgan fingerprint density at radius 2 is 2.18 bits per heavy atom. The molecule has 0 amide bonds. The first kappa shape index (κ1) is 12.3. The molecule has 0 aliphatic carbocycles. The fraction of sp³-hybridized carbons (Fsp3) is 0.462. The lowest BCUT2D eigenvalue weighted by molar-refractivity contribution is 0.418. The van der Waals surface area contributed by atoms with Gasteiger partial charge in [0.15, 0.2) is 0 Å². The number of aromatic nitrogens is 2. The van der Waals surface area contributed by atoms with Gasteiger partial charge in [-0.25, -0.2) is 4.98 Å². The lowest BCUT2D eigenvalue weighted by Gasteiger charge is -2.22. The van der Waals surface area contributed by atoms with E-state index in [9.17, 15) is 0 Å². The molecule has 2 N–H and O–H groups in total. The highest BCUT2D eigenvalue weighted by Gasteiger charge is 2.17. The summed E-state index contributed by atoms with van der Waals surface area (Å²) < 4.78 is 0. The average Bonchev–Trinajstić information content (AvgIpc) is 3.03. The Morgan fingerprint density at radius 1 is 1.35 bits per heavy atom. The van der Waals surface area contributed by atoms with Crippen LogP contribution in [0, 0.1) is 0 Å². The van der Waals surface area contributed by atoms with Gasteiger partial charge >= 0.3 is 0 Å². The van der Waals surface area contributed by atoms with Crippen LogP contribution in [0.1, 0.15) is 49.5 Å². The number of hydrogen-bond donors (Lipinski definition) is 2. The first-order valence-electron chi connectivity index (χ1n) is 6.13. The fourth-order valence-corrected chi connectivity index (χ4v) is 2.86. The summed E-state index contributed by atoms with van der Waals surface area (Å²) in [5.41, 5.74) is 0. The standard InChI is InChI=1S/C13H19N3S/c1-3-10(12-6-5-9-17-12)16-11(4-2)13-14-7-8-15-13/h5-11,16H,3-4H2,1-2H3,(H,14,15). The van der Waals surface area contributed by atoms with Crippen LogP contribution >= 0.6 is 11.3 Å². The van der Waals surface area contributed by atoms with Gasteiger partial charge in [-0.05, 0) is 24.3 Å². The van der Waals surface area contributed by atoms with Crippen LogP contribution in [0.5, 0.6) is 0 Å². The molecule has 0 saturated carbocycles. The summed E-state index contributed by atoms with van der Waals surface area (Å²) in [7, 11) is 0. The summed E-state index contributed by atoms with van der Waals surface area (Å²) in [4.78, 5) is 8.93.